The number of ether oxygens (including phenoxy) is 1. The zero-order valence-electron chi connectivity index (χ0n) is 18.3. The number of likely N-dealkylation sites (N-methyl/N-ethyl adjacent to an activating group) is 1. The molecule has 1 aliphatic rings. The van der Waals surface area contributed by atoms with Gasteiger partial charge in [0.25, 0.3) is 0 Å². The monoisotopic (exact) mass is 538 g/mol. The largest absolute Gasteiger partial charge is 0.462 e. The lowest BCUT2D eigenvalue weighted by Crippen LogP contribution is -2.52. The Labute approximate surface area is 195 Å². The van der Waals surface area contributed by atoms with E-state index < -0.39 is 0 Å². The smallest absolute Gasteiger partial charge is 0.350 e. The highest BCUT2D eigenvalue weighted by Crippen LogP contribution is 2.24. The molecule has 2 N–H and O–H groups in total. The molecule has 0 bridgehead atoms. The second kappa shape index (κ2) is 12.7. The van der Waals surface area contributed by atoms with Crippen LogP contribution >= 0.6 is 35.3 Å². The molecule has 2 atom stereocenters. The molecule has 0 spiro atoms. The molecule has 8 nitrogen and oxygen atoms in total. The number of thiazole rings is 1. The molecule has 0 aromatic carbocycles. The molecule has 0 radical (unpaired) electrons. The number of guanidine groups is 1. The van der Waals surface area contributed by atoms with E-state index in [4.69, 9.17) is 4.74 Å². The number of aryl methyl sites for hydroxylation is 1. The number of halogens is 1. The molecule has 0 amide bonds. The van der Waals surface area contributed by atoms with E-state index in [1.165, 1.54) is 11.3 Å². The van der Waals surface area contributed by atoms with Crippen LogP contribution in [-0.4, -0.2) is 86.2 Å². The molecule has 1 aromatic rings. The molecule has 0 saturated carbocycles. The van der Waals surface area contributed by atoms with Gasteiger partial charge >= 0.3 is 5.97 Å². The van der Waals surface area contributed by atoms with Crippen LogP contribution in [-0.2, 0) is 4.74 Å². The van der Waals surface area contributed by atoms with Crippen molar-refractivity contribution in [1.29, 1.82) is 0 Å². The highest BCUT2D eigenvalue weighted by Gasteiger charge is 2.21. The first-order chi connectivity index (χ1) is 13.3. The van der Waals surface area contributed by atoms with Crippen LogP contribution in [0.5, 0.6) is 0 Å². The van der Waals surface area contributed by atoms with Crippen molar-refractivity contribution >= 4 is 47.2 Å². The first-order valence-corrected chi connectivity index (χ1v) is 10.7. The van der Waals surface area contributed by atoms with E-state index in [0.29, 0.717) is 23.2 Å². The molecule has 2 heterocycles. The highest BCUT2D eigenvalue weighted by atomic mass is 127. The second-order valence-electron chi connectivity index (χ2n) is 7.19. The van der Waals surface area contributed by atoms with E-state index in [-0.39, 0.29) is 36.0 Å². The maximum Gasteiger partial charge on any atom is 0.350 e. The van der Waals surface area contributed by atoms with Gasteiger partial charge < -0.3 is 20.3 Å². The van der Waals surface area contributed by atoms with E-state index in [9.17, 15) is 4.79 Å². The maximum absolute atomic E-state index is 12.0. The SMILES string of the molecule is CCOC(=O)c1sc(C(C)NC(=NC)NCC(C)N2CCN(C)CC2)nc1C.I. The van der Waals surface area contributed by atoms with Gasteiger partial charge in [-0.05, 0) is 34.7 Å². The maximum atomic E-state index is 12.0. The fraction of sp³-hybridized carbons (Fsp3) is 0.737. The number of nitrogens with zero attached hydrogens (tertiary/aromatic N) is 4. The minimum absolute atomic E-state index is 0. The van der Waals surface area contributed by atoms with Gasteiger partial charge in [-0.15, -0.1) is 35.3 Å². The number of hydrogen-bond donors (Lipinski definition) is 2. The molecule has 1 aromatic heterocycles. The van der Waals surface area contributed by atoms with Crippen LogP contribution in [0.25, 0.3) is 0 Å². The van der Waals surface area contributed by atoms with E-state index in [0.717, 1.165) is 43.7 Å². The predicted molar refractivity (Wildman–Crippen MR) is 130 cm³/mol. The highest BCUT2D eigenvalue weighted by molar-refractivity contribution is 14.0. The Hall–Kier alpha value is -0.980. The topological polar surface area (TPSA) is 82.1 Å². The normalized spacial score (nSPS) is 17.9. The van der Waals surface area contributed by atoms with E-state index in [2.05, 4.69) is 44.4 Å². The molecular weight excluding hydrogens is 503 g/mol. The molecule has 2 rings (SSSR count). The third-order valence-electron chi connectivity index (χ3n) is 4.95. The van der Waals surface area contributed by atoms with Gasteiger partial charge in [0.2, 0.25) is 0 Å². The summed E-state index contributed by atoms with van der Waals surface area (Å²) in [6.07, 6.45) is 0. The lowest BCUT2D eigenvalue weighted by molar-refractivity contribution is 0.0531. The summed E-state index contributed by atoms with van der Waals surface area (Å²) in [6.45, 7) is 13.5. The van der Waals surface area contributed by atoms with Crippen LogP contribution in [0.3, 0.4) is 0 Å². The summed E-state index contributed by atoms with van der Waals surface area (Å²) in [7, 11) is 3.93. The number of carbonyl (C=O) groups excluding carboxylic acids is 1. The fourth-order valence-corrected chi connectivity index (χ4v) is 4.05. The first kappa shape index (κ1) is 26.1. The molecule has 1 aliphatic heterocycles. The molecule has 0 aliphatic carbocycles. The van der Waals surface area contributed by atoms with Crippen molar-refractivity contribution in [3.8, 4) is 0 Å². The first-order valence-electron chi connectivity index (χ1n) is 9.89. The Morgan fingerprint density at radius 1 is 1.31 bits per heavy atom. The Morgan fingerprint density at radius 2 is 1.97 bits per heavy atom. The molecule has 2 unspecified atom stereocenters. The number of carbonyl (C=O) groups is 1. The summed E-state index contributed by atoms with van der Waals surface area (Å²) in [5, 5.41) is 7.62. The lowest BCUT2D eigenvalue weighted by Gasteiger charge is -2.36. The lowest BCUT2D eigenvalue weighted by atomic mass is 10.2. The summed E-state index contributed by atoms with van der Waals surface area (Å²) >= 11 is 1.37. The summed E-state index contributed by atoms with van der Waals surface area (Å²) in [5.41, 5.74) is 0.707. The van der Waals surface area contributed by atoms with Gasteiger partial charge in [-0.25, -0.2) is 9.78 Å². The van der Waals surface area contributed by atoms with E-state index in [1.807, 2.05) is 13.8 Å². The number of aromatic nitrogens is 1. The minimum Gasteiger partial charge on any atom is -0.462 e. The number of nitrogens with one attached hydrogen (secondary N) is 2. The number of rotatable bonds is 7. The van der Waals surface area contributed by atoms with Crippen LogP contribution in [0.4, 0.5) is 0 Å². The van der Waals surface area contributed by atoms with Crippen molar-refractivity contribution in [3.63, 3.8) is 0 Å². The summed E-state index contributed by atoms with van der Waals surface area (Å²) in [5.74, 6) is 0.429. The van der Waals surface area contributed by atoms with Crippen LogP contribution < -0.4 is 10.6 Å². The van der Waals surface area contributed by atoms with Gasteiger partial charge in [0.15, 0.2) is 5.96 Å². The van der Waals surface area contributed by atoms with Crippen molar-refractivity contribution in [1.82, 2.24) is 25.4 Å². The van der Waals surface area contributed by atoms with Gasteiger partial charge in [0.1, 0.15) is 9.88 Å². The zero-order chi connectivity index (χ0) is 20.7. The molecule has 29 heavy (non-hydrogen) atoms. The number of esters is 1. The van der Waals surface area contributed by atoms with Crippen LogP contribution in [0.1, 0.15) is 47.2 Å². The Kier molecular flexibility index (Phi) is 11.4. The van der Waals surface area contributed by atoms with Gasteiger partial charge in [0.05, 0.1) is 18.3 Å². The van der Waals surface area contributed by atoms with Crippen molar-refractivity contribution in [3.05, 3.63) is 15.6 Å². The van der Waals surface area contributed by atoms with Crippen molar-refractivity contribution in [2.24, 2.45) is 4.99 Å². The summed E-state index contributed by atoms with van der Waals surface area (Å²) in [4.78, 5) is 26.3. The molecule has 10 heteroatoms. The molecule has 166 valence electrons. The fourth-order valence-electron chi connectivity index (χ4n) is 3.09. The predicted octanol–water partition coefficient (Wildman–Crippen LogP) is 2.11. The van der Waals surface area contributed by atoms with Gasteiger partial charge in [-0.2, -0.15) is 0 Å². The van der Waals surface area contributed by atoms with Crippen LogP contribution in [0.2, 0.25) is 0 Å². The average Bonchev–Trinajstić information content (AvgIpc) is 3.07. The third-order valence-corrected chi connectivity index (χ3v) is 6.27. The van der Waals surface area contributed by atoms with Gasteiger partial charge in [-0.3, -0.25) is 9.89 Å². The molecule has 1 fully saturated rings. The number of hydrogen-bond acceptors (Lipinski definition) is 7. The van der Waals surface area contributed by atoms with E-state index >= 15 is 0 Å². The van der Waals surface area contributed by atoms with Crippen molar-refractivity contribution in [2.45, 2.75) is 39.8 Å². The Balaban J connectivity index is 0.00000420. The Bertz CT molecular complexity index is 676. The van der Waals surface area contributed by atoms with Crippen molar-refractivity contribution in [2.75, 3.05) is 53.4 Å². The number of aliphatic imine (C=N–C) groups is 1. The molecular formula is C19H35IN6O2S. The van der Waals surface area contributed by atoms with Crippen LogP contribution in [0, 0.1) is 6.92 Å². The average molecular weight is 539 g/mol. The standard InChI is InChI=1S/C19H34N6O2S.HI/c1-7-27-18(26)16-14(3)22-17(28-16)15(4)23-19(20-5)21-12-13(2)25-10-8-24(6)9-11-25;/h13,15H,7-12H2,1-6H3,(H2,20,21,23);1H. The Morgan fingerprint density at radius 3 is 2.55 bits per heavy atom. The summed E-state index contributed by atoms with van der Waals surface area (Å²) in [6, 6.07) is 0.372. The minimum atomic E-state index is -0.306. The van der Waals surface area contributed by atoms with Gasteiger partial charge in [-0.1, -0.05) is 0 Å². The summed E-state index contributed by atoms with van der Waals surface area (Å²) < 4.78 is 5.10. The third kappa shape index (κ3) is 7.65. The van der Waals surface area contributed by atoms with Crippen LogP contribution in [0.15, 0.2) is 4.99 Å². The quantitative estimate of drug-likeness (QED) is 0.238. The molecule has 1 saturated heterocycles. The zero-order valence-corrected chi connectivity index (χ0v) is 21.5. The van der Waals surface area contributed by atoms with Gasteiger partial charge in [0, 0.05) is 45.8 Å². The second-order valence-corrected chi connectivity index (χ2v) is 8.23. The van der Waals surface area contributed by atoms with E-state index in [1.54, 1.807) is 14.0 Å². The van der Waals surface area contributed by atoms with Crippen molar-refractivity contribution < 1.29 is 9.53 Å². The number of piperazine rings is 1.